The molecule has 0 bridgehead atoms. The molecule has 0 unspecified atom stereocenters. The fraction of sp³-hybridized carbons (Fsp3) is 1.00. The molecule has 94 valence electrons. The van der Waals surface area contributed by atoms with Gasteiger partial charge in [-0.1, -0.05) is 19.0 Å². The van der Waals surface area contributed by atoms with Gasteiger partial charge in [-0.2, -0.15) is 0 Å². The fourth-order valence-electron chi connectivity index (χ4n) is 1.29. The molecule has 0 aliphatic heterocycles. The van der Waals surface area contributed by atoms with E-state index in [-0.39, 0.29) is 19.1 Å². The lowest BCUT2D eigenvalue weighted by molar-refractivity contribution is 0.209. The van der Waals surface area contributed by atoms with Crippen LogP contribution in [0.5, 0.6) is 0 Å². The summed E-state index contributed by atoms with van der Waals surface area (Å²) in [6.45, 7) is 7.92. The Kier molecular flexibility index (Phi) is 7.43. The zero-order valence-corrected chi connectivity index (χ0v) is 11.2. The first-order chi connectivity index (χ1) is 7.50. The summed E-state index contributed by atoms with van der Waals surface area (Å²) in [6, 6.07) is 0. The second kappa shape index (κ2) is 7.69. The van der Waals surface area contributed by atoms with Crippen molar-refractivity contribution in [2.24, 2.45) is 11.0 Å². The normalized spacial score (nSPS) is 13.6. The van der Waals surface area contributed by atoms with Gasteiger partial charge in [0.05, 0.1) is 13.2 Å². The zero-order chi connectivity index (χ0) is 12.6. The zero-order valence-electron chi connectivity index (χ0n) is 10.3. The highest BCUT2D eigenvalue weighted by atomic mass is 31.2. The Labute approximate surface area is 96.5 Å². The summed E-state index contributed by atoms with van der Waals surface area (Å²) < 4.78 is 22.6. The third-order valence-electron chi connectivity index (χ3n) is 1.85. The van der Waals surface area contributed by atoms with Crippen molar-refractivity contribution in [1.29, 1.82) is 0 Å². The number of azide groups is 1. The Bertz CT molecular complexity index is 280. The molecule has 0 aliphatic rings. The molecule has 0 spiro atoms. The van der Waals surface area contributed by atoms with E-state index in [1.807, 2.05) is 13.8 Å². The summed E-state index contributed by atoms with van der Waals surface area (Å²) in [4.78, 5) is 2.71. The molecule has 0 rings (SSSR count). The molecule has 0 aromatic heterocycles. The molecule has 0 aliphatic carbocycles. The van der Waals surface area contributed by atoms with E-state index in [0.29, 0.717) is 6.42 Å². The van der Waals surface area contributed by atoms with Crippen LogP contribution in [0.15, 0.2) is 5.11 Å². The maximum Gasteiger partial charge on any atom is 0.339 e. The Balaban J connectivity index is 4.92. The third-order valence-corrected chi connectivity index (χ3v) is 4.13. The smallest absolute Gasteiger partial charge is 0.309 e. The van der Waals surface area contributed by atoms with E-state index >= 15 is 0 Å². The summed E-state index contributed by atoms with van der Waals surface area (Å²) in [6.07, 6.45) is 0.487. The van der Waals surface area contributed by atoms with Crippen LogP contribution < -0.4 is 0 Å². The van der Waals surface area contributed by atoms with Gasteiger partial charge in [0.25, 0.3) is 0 Å². The van der Waals surface area contributed by atoms with Gasteiger partial charge in [-0.05, 0) is 31.7 Å². The molecule has 0 amide bonds. The molecule has 0 N–H and O–H groups in total. The van der Waals surface area contributed by atoms with Gasteiger partial charge in [-0.3, -0.25) is 4.57 Å². The highest BCUT2D eigenvalue weighted by molar-refractivity contribution is 7.54. The highest BCUT2D eigenvalue weighted by Crippen LogP contribution is 2.55. The first-order valence-corrected chi connectivity index (χ1v) is 7.04. The lowest BCUT2D eigenvalue weighted by Crippen LogP contribution is -2.13. The molecule has 0 heterocycles. The maximum atomic E-state index is 12.3. The van der Waals surface area contributed by atoms with E-state index in [1.54, 1.807) is 13.8 Å². The van der Waals surface area contributed by atoms with Crippen molar-refractivity contribution in [2.45, 2.75) is 39.9 Å². The summed E-state index contributed by atoms with van der Waals surface area (Å²) >= 11 is 0. The Morgan fingerprint density at radius 1 is 1.31 bits per heavy atom. The first-order valence-electron chi connectivity index (χ1n) is 5.43. The van der Waals surface area contributed by atoms with Crippen LogP contribution in [-0.4, -0.2) is 19.0 Å². The van der Waals surface area contributed by atoms with Gasteiger partial charge in [0.1, 0.15) is 5.78 Å². The second-order valence-electron chi connectivity index (χ2n) is 3.69. The quantitative estimate of drug-likeness (QED) is 0.282. The predicted molar refractivity (Wildman–Crippen MR) is 63.2 cm³/mol. The van der Waals surface area contributed by atoms with Crippen LogP contribution in [0.3, 0.4) is 0 Å². The van der Waals surface area contributed by atoms with Gasteiger partial charge < -0.3 is 9.05 Å². The lowest BCUT2D eigenvalue weighted by atomic mass is 10.1. The molecule has 0 aromatic rings. The minimum absolute atomic E-state index is 0.254. The molecule has 16 heavy (non-hydrogen) atoms. The number of rotatable bonds is 8. The molecule has 6 nitrogen and oxygen atoms in total. The first kappa shape index (κ1) is 15.5. The molecular weight excluding hydrogens is 229 g/mol. The van der Waals surface area contributed by atoms with Gasteiger partial charge >= 0.3 is 7.60 Å². The monoisotopic (exact) mass is 249 g/mol. The standard InChI is InChI=1S/C9H20N3O3P/c1-5-14-16(13,15-6-2)9(11-12-10)7-8(3)4/h8-9H,5-7H2,1-4H3/t9-/m1/s1. The van der Waals surface area contributed by atoms with Crippen molar-refractivity contribution in [3.05, 3.63) is 10.4 Å². The Hall–Kier alpha value is -0.540. The van der Waals surface area contributed by atoms with Crippen molar-refractivity contribution < 1.29 is 13.6 Å². The number of nitrogens with zero attached hydrogens (tertiary/aromatic N) is 3. The van der Waals surface area contributed by atoms with E-state index in [9.17, 15) is 4.57 Å². The van der Waals surface area contributed by atoms with Gasteiger partial charge in [0.15, 0.2) is 0 Å². The SMILES string of the molecule is CCOP(=O)(OCC)[C@H](CC(C)C)N=[N+]=[N-]. The molecular formula is C9H20N3O3P. The van der Waals surface area contributed by atoms with E-state index in [4.69, 9.17) is 14.6 Å². The van der Waals surface area contributed by atoms with E-state index in [2.05, 4.69) is 10.0 Å². The molecule has 1 atom stereocenters. The van der Waals surface area contributed by atoms with Crippen LogP contribution in [0.1, 0.15) is 34.1 Å². The third kappa shape index (κ3) is 4.99. The van der Waals surface area contributed by atoms with Crippen LogP contribution in [-0.2, 0) is 13.6 Å². The fourth-order valence-corrected chi connectivity index (χ4v) is 3.28. The number of hydrogen-bond acceptors (Lipinski definition) is 4. The van der Waals surface area contributed by atoms with Crippen molar-refractivity contribution in [1.82, 2.24) is 0 Å². The summed E-state index contributed by atoms with van der Waals surface area (Å²) in [5.41, 5.74) is 8.48. The van der Waals surface area contributed by atoms with Crippen LogP contribution in [0.2, 0.25) is 0 Å². The van der Waals surface area contributed by atoms with Crippen LogP contribution in [0.4, 0.5) is 0 Å². The maximum absolute atomic E-state index is 12.3. The highest BCUT2D eigenvalue weighted by Gasteiger charge is 2.35. The van der Waals surface area contributed by atoms with Gasteiger partial charge in [0.2, 0.25) is 0 Å². The molecule has 0 saturated heterocycles. The van der Waals surface area contributed by atoms with Crippen molar-refractivity contribution in [2.75, 3.05) is 13.2 Å². The van der Waals surface area contributed by atoms with E-state index in [0.717, 1.165) is 0 Å². The average molecular weight is 249 g/mol. The summed E-state index contributed by atoms with van der Waals surface area (Å²) in [5.74, 6) is -0.484. The minimum Gasteiger partial charge on any atom is -0.309 e. The molecule has 7 heteroatoms. The van der Waals surface area contributed by atoms with Crippen molar-refractivity contribution >= 4 is 7.60 Å². The molecule has 0 aromatic carbocycles. The largest absolute Gasteiger partial charge is 0.339 e. The Morgan fingerprint density at radius 3 is 2.12 bits per heavy atom. The topological polar surface area (TPSA) is 84.3 Å². The average Bonchev–Trinajstić information content (AvgIpc) is 2.17. The van der Waals surface area contributed by atoms with Gasteiger partial charge in [0, 0.05) is 4.91 Å². The van der Waals surface area contributed by atoms with Crippen LogP contribution in [0.25, 0.3) is 10.4 Å². The minimum atomic E-state index is -3.32. The predicted octanol–water partition coefficient (Wildman–Crippen LogP) is 3.94. The van der Waals surface area contributed by atoms with Crippen molar-refractivity contribution in [3.8, 4) is 0 Å². The second-order valence-corrected chi connectivity index (χ2v) is 5.88. The molecule has 0 radical (unpaired) electrons. The lowest BCUT2D eigenvalue weighted by Gasteiger charge is -2.23. The molecule has 0 fully saturated rings. The van der Waals surface area contributed by atoms with Crippen LogP contribution in [0, 0.1) is 5.92 Å². The summed E-state index contributed by atoms with van der Waals surface area (Å²) in [7, 11) is -3.32. The van der Waals surface area contributed by atoms with E-state index in [1.165, 1.54) is 0 Å². The number of hydrogen-bond donors (Lipinski definition) is 0. The molecule has 0 saturated carbocycles. The van der Waals surface area contributed by atoms with Gasteiger partial charge in [-0.25, -0.2) is 0 Å². The summed E-state index contributed by atoms with van der Waals surface area (Å²) in [5, 5.41) is 3.54. The van der Waals surface area contributed by atoms with Crippen molar-refractivity contribution in [3.63, 3.8) is 0 Å². The van der Waals surface area contributed by atoms with E-state index < -0.39 is 13.4 Å². The van der Waals surface area contributed by atoms with Gasteiger partial charge in [-0.15, -0.1) is 0 Å². The Morgan fingerprint density at radius 2 is 1.81 bits per heavy atom. The van der Waals surface area contributed by atoms with Crippen LogP contribution >= 0.6 is 7.60 Å².